The topological polar surface area (TPSA) is 111 Å². The van der Waals surface area contributed by atoms with E-state index in [9.17, 15) is 20.2 Å². The van der Waals surface area contributed by atoms with E-state index in [1.54, 1.807) is 6.21 Å². The highest BCUT2D eigenvalue weighted by Gasteiger charge is 2.19. The minimum atomic E-state index is -0.677. The predicted molar refractivity (Wildman–Crippen MR) is 102 cm³/mol. The van der Waals surface area contributed by atoms with Gasteiger partial charge in [-0.1, -0.05) is 30.3 Å². The van der Waals surface area contributed by atoms with Crippen LogP contribution in [0.2, 0.25) is 0 Å². The van der Waals surface area contributed by atoms with E-state index < -0.39 is 15.5 Å². The third-order valence-electron chi connectivity index (χ3n) is 4.69. The smallest absolute Gasteiger partial charge is 0.272 e. The van der Waals surface area contributed by atoms with Gasteiger partial charge in [-0.15, -0.1) is 0 Å². The lowest BCUT2D eigenvalue weighted by Crippen LogP contribution is -1.99. The molecule has 1 N–H and O–H groups in total. The Kier molecular flexibility index (Phi) is 4.00. The first-order valence-corrected chi connectivity index (χ1v) is 8.30. The van der Waals surface area contributed by atoms with E-state index in [0.717, 1.165) is 29.9 Å². The van der Waals surface area contributed by atoms with Gasteiger partial charge in [-0.3, -0.25) is 25.7 Å². The quantitative estimate of drug-likeness (QED) is 0.415. The highest BCUT2D eigenvalue weighted by molar-refractivity contribution is 6.03. The van der Waals surface area contributed by atoms with Gasteiger partial charge < -0.3 is 0 Å². The van der Waals surface area contributed by atoms with Crippen molar-refractivity contribution in [2.45, 2.75) is 12.8 Å². The molecule has 0 saturated carbocycles. The van der Waals surface area contributed by atoms with Crippen LogP contribution < -0.4 is 5.43 Å². The van der Waals surface area contributed by atoms with Gasteiger partial charge in [0.1, 0.15) is 5.69 Å². The molecule has 0 unspecified atom stereocenters. The van der Waals surface area contributed by atoms with E-state index in [-0.39, 0.29) is 11.4 Å². The SMILES string of the molecule is O=[N+]([O-])c1ccc(N/N=C\c2ccc3c4c(cccc24)CC3)c([N+](=O)[O-])c1. The fraction of sp³-hybridized carbons (Fsp3) is 0.105. The standard InChI is InChI=1S/C19H14N4O4/c24-22(25)15-8-9-17(18(10-15)23(26)27)21-20-11-14-7-6-13-5-4-12-2-1-3-16(14)19(12)13/h1-3,6-11,21H,4-5H2/b20-11-. The van der Waals surface area contributed by atoms with Gasteiger partial charge in [0.05, 0.1) is 22.1 Å². The van der Waals surface area contributed by atoms with Crippen molar-refractivity contribution in [1.82, 2.24) is 0 Å². The van der Waals surface area contributed by atoms with E-state index in [1.165, 1.54) is 28.6 Å². The number of hydrogen-bond donors (Lipinski definition) is 1. The molecule has 0 fully saturated rings. The molecule has 3 aromatic carbocycles. The number of non-ortho nitro benzene ring substituents is 1. The number of hydrazone groups is 1. The predicted octanol–water partition coefficient (Wildman–Crippen LogP) is 4.20. The Hall–Kier alpha value is -3.81. The van der Waals surface area contributed by atoms with Crippen molar-refractivity contribution in [2.24, 2.45) is 5.10 Å². The summed E-state index contributed by atoms with van der Waals surface area (Å²) in [4.78, 5) is 20.6. The molecule has 0 aromatic heterocycles. The summed E-state index contributed by atoms with van der Waals surface area (Å²) in [6.07, 6.45) is 3.66. The summed E-state index contributed by atoms with van der Waals surface area (Å²) in [7, 11) is 0. The molecule has 1 aliphatic carbocycles. The molecular weight excluding hydrogens is 348 g/mol. The number of nitro groups is 2. The van der Waals surface area contributed by atoms with Crippen molar-refractivity contribution in [2.75, 3.05) is 5.43 Å². The van der Waals surface area contributed by atoms with Crippen molar-refractivity contribution < 1.29 is 9.85 Å². The van der Waals surface area contributed by atoms with Crippen LogP contribution in [0.15, 0.2) is 53.6 Å². The summed E-state index contributed by atoms with van der Waals surface area (Å²) in [5.41, 5.74) is 5.50. The maximum absolute atomic E-state index is 11.2. The Morgan fingerprint density at radius 3 is 2.48 bits per heavy atom. The lowest BCUT2D eigenvalue weighted by molar-refractivity contribution is -0.393. The lowest BCUT2D eigenvalue weighted by atomic mass is 10.0. The number of nitro benzene ring substituents is 2. The molecule has 27 heavy (non-hydrogen) atoms. The molecule has 0 atom stereocenters. The average Bonchev–Trinajstić information content (AvgIpc) is 3.08. The molecule has 3 aromatic rings. The molecule has 0 heterocycles. The second-order valence-corrected chi connectivity index (χ2v) is 6.24. The summed E-state index contributed by atoms with van der Waals surface area (Å²) in [6.45, 7) is 0. The summed E-state index contributed by atoms with van der Waals surface area (Å²) in [5.74, 6) is 0. The van der Waals surface area contributed by atoms with Crippen LogP contribution in [0.1, 0.15) is 16.7 Å². The number of nitrogens with one attached hydrogen (secondary N) is 1. The van der Waals surface area contributed by atoms with E-state index >= 15 is 0 Å². The molecule has 0 aliphatic heterocycles. The van der Waals surface area contributed by atoms with Crippen LogP contribution in [0.5, 0.6) is 0 Å². The summed E-state index contributed by atoms with van der Waals surface area (Å²) in [6, 6.07) is 13.6. The van der Waals surface area contributed by atoms with E-state index in [1.807, 2.05) is 18.2 Å². The average molecular weight is 362 g/mol. The molecule has 1 aliphatic rings. The van der Waals surface area contributed by atoms with Gasteiger partial charge in [0, 0.05) is 11.6 Å². The minimum Gasteiger partial charge on any atom is -0.272 e. The van der Waals surface area contributed by atoms with Gasteiger partial charge in [0.2, 0.25) is 0 Å². The zero-order valence-electron chi connectivity index (χ0n) is 14.1. The Bertz CT molecular complexity index is 1110. The second kappa shape index (κ2) is 6.49. The van der Waals surface area contributed by atoms with Crippen molar-refractivity contribution in [3.63, 3.8) is 0 Å². The number of hydrogen-bond acceptors (Lipinski definition) is 6. The highest BCUT2D eigenvalue weighted by Crippen LogP contribution is 2.32. The van der Waals surface area contributed by atoms with Crippen molar-refractivity contribution >= 4 is 34.0 Å². The molecular formula is C19H14N4O4. The van der Waals surface area contributed by atoms with Crippen LogP contribution in [-0.2, 0) is 12.8 Å². The number of benzene rings is 3. The third kappa shape index (κ3) is 2.97. The monoisotopic (exact) mass is 362 g/mol. The first-order chi connectivity index (χ1) is 13.0. The van der Waals surface area contributed by atoms with Crippen molar-refractivity contribution in [3.05, 3.63) is 85.4 Å². The maximum Gasteiger partial charge on any atom is 0.301 e. The Morgan fingerprint density at radius 2 is 1.74 bits per heavy atom. The van der Waals surface area contributed by atoms with Crippen LogP contribution in [0, 0.1) is 20.2 Å². The van der Waals surface area contributed by atoms with Crippen LogP contribution >= 0.6 is 0 Å². The Balaban J connectivity index is 1.65. The largest absolute Gasteiger partial charge is 0.301 e. The fourth-order valence-electron chi connectivity index (χ4n) is 3.43. The van der Waals surface area contributed by atoms with Crippen LogP contribution in [0.4, 0.5) is 17.1 Å². The minimum absolute atomic E-state index is 0.0905. The molecule has 0 spiro atoms. The van der Waals surface area contributed by atoms with Gasteiger partial charge >= 0.3 is 5.69 Å². The Labute approximate surface area is 153 Å². The molecule has 0 saturated heterocycles. The van der Waals surface area contributed by atoms with Crippen LogP contribution in [0.3, 0.4) is 0 Å². The zero-order chi connectivity index (χ0) is 19.0. The molecule has 134 valence electrons. The number of nitrogens with zero attached hydrogens (tertiary/aromatic N) is 3. The summed E-state index contributed by atoms with van der Waals surface area (Å²) in [5, 5.41) is 28.4. The fourth-order valence-corrected chi connectivity index (χ4v) is 3.43. The molecule has 8 nitrogen and oxygen atoms in total. The molecule has 4 rings (SSSR count). The lowest BCUT2D eigenvalue weighted by Gasteiger charge is -2.06. The third-order valence-corrected chi connectivity index (χ3v) is 4.69. The Morgan fingerprint density at radius 1 is 0.963 bits per heavy atom. The van der Waals surface area contributed by atoms with E-state index in [4.69, 9.17) is 0 Å². The van der Waals surface area contributed by atoms with Crippen LogP contribution in [-0.4, -0.2) is 16.1 Å². The molecule has 0 bridgehead atoms. The summed E-state index contributed by atoms with van der Waals surface area (Å²) >= 11 is 0. The first-order valence-electron chi connectivity index (χ1n) is 8.30. The number of anilines is 1. The maximum atomic E-state index is 11.2. The second-order valence-electron chi connectivity index (χ2n) is 6.24. The summed E-state index contributed by atoms with van der Waals surface area (Å²) < 4.78 is 0. The first kappa shape index (κ1) is 16.6. The molecule has 0 amide bonds. The van der Waals surface area contributed by atoms with Crippen molar-refractivity contribution in [3.8, 4) is 0 Å². The van der Waals surface area contributed by atoms with Crippen molar-refractivity contribution in [1.29, 1.82) is 0 Å². The van der Waals surface area contributed by atoms with Gasteiger partial charge in [-0.2, -0.15) is 5.10 Å². The van der Waals surface area contributed by atoms with E-state index in [0.29, 0.717) is 0 Å². The molecule has 8 heteroatoms. The number of aryl methyl sites for hydroxylation is 2. The van der Waals surface area contributed by atoms with E-state index in [2.05, 4.69) is 22.7 Å². The van der Waals surface area contributed by atoms with Crippen LogP contribution in [0.25, 0.3) is 10.8 Å². The number of rotatable bonds is 5. The molecule has 0 radical (unpaired) electrons. The van der Waals surface area contributed by atoms with Gasteiger partial charge in [-0.05, 0) is 40.8 Å². The van der Waals surface area contributed by atoms with Gasteiger partial charge in [0.25, 0.3) is 5.69 Å². The normalized spacial score (nSPS) is 12.6. The van der Waals surface area contributed by atoms with Gasteiger partial charge in [0.15, 0.2) is 0 Å². The highest BCUT2D eigenvalue weighted by atomic mass is 16.6. The van der Waals surface area contributed by atoms with Gasteiger partial charge in [-0.25, -0.2) is 0 Å². The zero-order valence-corrected chi connectivity index (χ0v) is 14.1.